The quantitative estimate of drug-likeness (QED) is 0.775. The summed E-state index contributed by atoms with van der Waals surface area (Å²) in [6.45, 7) is 4.69. The fourth-order valence-electron chi connectivity index (χ4n) is 4.04. The van der Waals surface area contributed by atoms with E-state index in [9.17, 15) is 9.50 Å². The van der Waals surface area contributed by atoms with Gasteiger partial charge in [-0.05, 0) is 55.8 Å². The molecule has 1 N–H and O–H groups in total. The lowest BCUT2D eigenvalue weighted by atomic mass is 10.1. The molecule has 2 heterocycles. The molecular formula is C22H25FN2O. The summed E-state index contributed by atoms with van der Waals surface area (Å²) in [5.41, 5.74) is 5.94. The van der Waals surface area contributed by atoms with Gasteiger partial charge in [0.05, 0.1) is 12.6 Å². The standard InChI is InChI=1S/C22H25FN2O/c1-15-3-8-20-19(13-15)18-9-11-24(2)12-10-21(18)25(20)14-22(26)16-4-6-17(23)7-5-16/h3-8,13,22,26H,9-12,14H2,1-2H3. The van der Waals surface area contributed by atoms with Crippen LogP contribution in [0, 0.1) is 12.7 Å². The van der Waals surface area contributed by atoms with Gasteiger partial charge < -0.3 is 14.6 Å². The molecule has 3 aromatic rings. The average molecular weight is 352 g/mol. The highest BCUT2D eigenvalue weighted by Crippen LogP contribution is 2.31. The second-order valence-electron chi connectivity index (χ2n) is 7.43. The van der Waals surface area contributed by atoms with Gasteiger partial charge in [-0.1, -0.05) is 23.8 Å². The Kier molecular flexibility index (Phi) is 4.55. The molecule has 0 fully saturated rings. The molecule has 3 nitrogen and oxygen atoms in total. The third kappa shape index (κ3) is 3.15. The first-order valence-electron chi connectivity index (χ1n) is 9.25. The van der Waals surface area contributed by atoms with Crippen molar-refractivity contribution in [2.24, 2.45) is 0 Å². The van der Waals surface area contributed by atoms with Gasteiger partial charge in [-0.3, -0.25) is 0 Å². The van der Waals surface area contributed by atoms with Gasteiger partial charge in [0.25, 0.3) is 0 Å². The number of hydrogen-bond acceptors (Lipinski definition) is 2. The first-order valence-corrected chi connectivity index (χ1v) is 9.25. The van der Waals surface area contributed by atoms with Crippen LogP contribution in [0.25, 0.3) is 10.9 Å². The molecule has 0 saturated heterocycles. The summed E-state index contributed by atoms with van der Waals surface area (Å²) >= 11 is 0. The zero-order valence-electron chi connectivity index (χ0n) is 15.4. The van der Waals surface area contributed by atoms with Crippen LogP contribution in [0.2, 0.25) is 0 Å². The lowest BCUT2D eigenvalue weighted by Crippen LogP contribution is -2.21. The third-order valence-electron chi connectivity index (χ3n) is 5.53. The van der Waals surface area contributed by atoms with Gasteiger partial charge in [-0.15, -0.1) is 0 Å². The highest BCUT2D eigenvalue weighted by atomic mass is 19.1. The molecule has 1 aliphatic rings. The largest absolute Gasteiger partial charge is 0.387 e. The van der Waals surface area contributed by atoms with Crippen molar-refractivity contribution in [2.75, 3.05) is 20.1 Å². The van der Waals surface area contributed by atoms with Gasteiger partial charge in [-0.2, -0.15) is 0 Å². The van der Waals surface area contributed by atoms with E-state index in [1.165, 1.54) is 39.9 Å². The van der Waals surface area contributed by atoms with Crippen LogP contribution >= 0.6 is 0 Å². The number of aliphatic hydroxyl groups is 1. The second-order valence-corrected chi connectivity index (χ2v) is 7.43. The summed E-state index contributed by atoms with van der Waals surface area (Å²) in [6.07, 6.45) is 1.36. The summed E-state index contributed by atoms with van der Waals surface area (Å²) < 4.78 is 15.5. The molecule has 1 aromatic heterocycles. The Hall–Kier alpha value is -2.17. The predicted octanol–water partition coefficient (Wildman–Crippen LogP) is 3.85. The molecule has 4 rings (SSSR count). The van der Waals surface area contributed by atoms with Crippen LogP contribution in [0.1, 0.15) is 28.5 Å². The molecular weight excluding hydrogens is 327 g/mol. The Labute approximate surface area is 153 Å². The van der Waals surface area contributed by atoms with E-state index < -0.39 is 6.10 Å². The van der Waals surface area contributed by atoms with E-state index in [1.54, 1.807) is 12.1 Å². The third-order valence-corrected chi connectivity index (χ3v) is 5.53. The number of rotatable bonds is 3. The van der Waals surface area contributed by atoms with Crippen molar-refractivity contribution < 1.29 is 9.50 Å². The molecule has 4 heteroatoms. The minimum Gasteiger partial charge on any atom is -0.387 e. The number of fused-ring (bicyclic) bond motifs is 3. The number of nitrogens with zero attached hydrogens (tertiary/aromatic N) is 2. The van der Waals surface area contributed by atoms with E-state index in [0.717, 1.165) is 31.5 Å². The van der Waals surface area contributed by atoms with Crippen LogP contribution in [0.4, 0.5) is 4.39 Å². The zero-order chi connectivity index (χ0) is 18.3. The molecule has 1 atom stereocenters. The van der Waals surface area contributed by atoms with Crippen molar-refractivity contribution in [1.29, 1.82) is 0 Å². The van der Waals surface area contributed by atoms with Crippen LogP contribution in [0.15, 0.2) is 42.5 Å². The average Bonchev–Trinajstić information content (AvgIpc) is 2.76. The topological polar surface area (TPSA) is 28.4 Å². The van der Waals surface area contributed by atoms with Gasteiger partial charge in [-0.25, -0.2) is 4.39 Å². The van der Waals surface area contributed by atoms with Crippen LogP contribution in [0.5, 0.6) is 0 Å². The highest BCUT2D eigenvalue weighted by molar-refractivity contribution is 5.86. The maximum Gasteiger partial charge on any atom is 0.123 e. The molecule has 0 bridgehead atoms. The van der Waals surface area contributed by atoms with Gasteiger partial charge >= 0.3 is 0 Å². The summed E-state index contributed by atoms with van der Waals surface area (Å²) in [7, 11) is 2.16. The fraction of sp³-hybridized carbons (Fsp3) is 0.364. The maximum atomic E-state index is 13.2. The van der Waals surface area contributed by atoms with Gasteiger partial charge in [0, 0.05) is 36.1 Å². The van der Waals surface area contributed by atoms with E-state index in [0.29, 0.717) is 6.54 Å². The van der Waals surface area contributed by atoms with E-state index in [-0.39, 0.29) is 5.82 Å². The maximum absolute atomic E-state index is 13.2. The Morgan fingerprint density at radius 1 is 1.08 bits per heavy atom. The number of aromatic nitrogens is 1. The first-order chi connectivity index (χ1) is 12.5. The molecule has 136 valence electrons. The number of aliphatic hydroxyl groups excluding tert-OH is 1. The lowest BCUT2D eigenvalue weighted by Gasteiger charge is -2.17. The van der Waals surface area contributed by atoms with Crippen molar-refractivity contribution in [3.63, 3.8) is 0 Å². The summed E-state index contributed by atoms with van der Waals surface area (Å²) in [6, 6.07) is 12.7. The van der Waals surface area contributed by atoms with Gasteiger partial charge in [0.1, 0.15) is 5.82 Å². The summed E-state index contributed by atoms with van der Waals surface area (Å²) in [4.78, 5) is 2.36. The molecule has 2 aromatic carbocycles. The number of benzene rings is 2. The molecule has 1 aliphatic heterocycles. The molecule has 0 aliphatic carbocycles. The van der Waals surface area contributed by atoms with Crippen molar-refractivity contribution in [3.05, 3.63) is 70.7 Å². The summed E-state index contributed by atoms with van der Waals surface area (Å²) in [5, 5.41) is 12.1. The minimum atomic E-state index is -0.655. The normalized spacial score (nSPS) is 16.5. The van der Waals surface area contributed by atoms with Crippen molar-refractivity contribution in [2.45, 2.75) is 32.4 Å². The molecule has 0 radical (unpaired) electrons. The van der Waals surface area contributed by atoms with Crippen molar-refractivity contribution in [1.82, 2.24) is 9.47 Å². The summed E-state index contributed by atoms with van der Waals surface area (Å²) in [5.74, 6) is -0.278. The molecule has 0 spiro atoms. The SMILES string of the molecule is Cc1ccc2c(c1)c1c(n2CC(O)c2ccc(F)cc2)CCN(C)CC1. The minimum absolute atomic E-state index is 0.278. The fourth-order valence-corrected chi connectivity index (χ4v) is 4.04. The van der Waals surface area contributed by atoms with Crippen LogP contribution in [-0.4, -0.2) is 34.7 Å². The smallest absolute Gasteiger partial charge is 0.123 e. The molecule has 26 heavy (non-hydrogen) atoms. The van der Waals surface area contributed by atoms with Crippen LogP contribution in [-0.2, 0) is 19.4 Å². The molecule has 0 saturated carbocycles. The van der Waals surface area contributed by atoms with E-state index in [1.807, 2.05) is 0 Å². The highest BCUT2D eigenvalue weighted by Gasteiger charge is 2.22. The van der Waals surface area contributed by atoms with Crippen molar-refractivity contribution >= 4 is 10.9 Å². The monoisotopic (exact) mass is 352 g/mol. The van der Waals surface area contributed by atoms with Crippen molar-refractivity contribution in [3.8, 4) is 0 Å². The molecule has 1 unspecified atom stereocenters. The van der Waals surface area contributed by atoms with Crippen LogP contribution in [0.3, 0.4) is 0 Å². The zero-order valence-corrected chi connectivity index (χ0v) is 15.4. The van der Waals surface area contributed by atoms with E-state index in [2.05, 4.69) is 41.6 Å². The Morgan fingerprint density at radius 3 is 2.58 bits per heavy atom. The molecule has 0 amide bonds. The number of hydrogen-bond donors (Lipinski definition) is 1. The number of halogens is 1. The first kappa shape index (κ1) is 17.3. The number of aryl methyl sites for hydroxylation is 1. The van der Waals surface area contributed by atoms with E-state index in [4.69, 9.17) is 0 Å². The van der Waals surface area contributed by atoms with Gasteiger partial charge in [0.15, 0.2) is 0 Å². The van der Waals surface area contributed by atoms with E-state index >= 15 is 0 Å². The second kappa shape index (κ2) is 6.86. The Balaban J connectivity index is 1.77. The lowest BCUT2D eigenvalue weighted by molar-refractivity contribution is 0.157. The Morgan fingerprint density at radius 2 is 1.81 bits per heavy atom. The Bertz CT molecular complexity index is 929. The van der Waals surface area contributed by atoms with Crippen LogP contribution < -0.4 is 0 Å². The predicted molar refractivity (Wildman–Crippen MR) is 103 cm³/mol. The van der Waals surface area contributed by atoms with Gasteiger partial charge in [0.2, 0.25) is 0 Å². The number of likely N-dealkylation sites (N-methyl/N-ethyl adjacent to an activating group) is 1.